The van der Waals surface area contributed by atoms with Crippen molar-refractivity contribution in [3.63, 3.8) is 0 Å². The van der Waals surface area contributed by atoms with Gasteiger partial charge in [0.1, 0.15) is 0 Å². The third-order valence-electron chi connectivity index (χ3n) is 4.13. The molecule has 9 heteroatoms. The van der Waals surface area contributed by atoms with E-state index in [4.69, 9.17) is 10.5 Å². The molecule has 3 N–H and O–H groups in total. The first kappa shape index (κ1) is 18.4. The van der Waals surface area contributed by atoms with Gasteiger partial charge in [-0.1, -0.05) is 23.9 Å². The lowest BCUT2D eigenvalue weighted by molar-refractivity contribution is -0.119. The number of hydrogen-bond donors (Lipinski definition) is 2. The van der Waals surface area contributed by atoms with Crippen LogP contribution in [0, 0.1) is 0 Å². The number of thioether (sulfide) groups is 1. The Kier molecular flexibility index (Phi) is 5.58. The number of imide groups is 1. The van der Waals surface area contributed by atoms with Crippen molar-refractivity contribution in [3.05, 3.63) is 34.6 Å². The molecule has 8 nitrogen and oxygen atoms in total. The summed E-state index contributed by atoms with van der Waals surface area (Å²) in [6.45, 7) is 2.68. The van der Waals surface area contributed by atoms with Gasteiger partial charge < -0.3 is 10.5 Å². The van der Waals surface area contributed by atoms with Gasteiger partial charge in [-0.05, 0) is 31.9 Å². The van der Waals surface area contributed by atoms with E-state index in [0.717, 1.165) is 24.6 Å². The Morgan fingerprint density at radius 2 is 2.23 bits per heavy atom. The molecule has 3 rings (SSSR count). The number of carbonyl (C=O) groups excluding carboxylic acids is 2. The van der Waals surface area contributed by atoms with E-state index in [1.807, 2.05) is 5.32 Å². The van der Waals surface area contributed by atoms with Crippen LogP contribution in [-0.2, 0) is 16.1 Å². The summed E-state index contributed by atoms with van der Waals surface area (Å²) >= 11 is 1.11. The van der Waals surface area contributed by atoms with Crippen LogP contribution in [0.5, 0.6) is 0 Å². The van der Waals surface area contributed by atoms with E-state index >= 15 is 0 Å². The van der Waals surface area contributed by atoms with Crippen molar-refractivity contribution in [2.75, 3.05) is 6.61 Å². The summed E-state index contributed by atoms with van der Waals surface area (Å²) < 4.78 is 7.20. The van der Waals surface area contributed by atoms with Crippen LogP contribution in [0.25, 0.3) is 10.9 Å². The minimum atomic E-state index is -0.911. The lowest BCUT2D eigenvalue weighted by Crippen LogP contribution is -2.39. The minimum Gasteiger partial charge on any atom is -0.376 e. The molecule has 1 fully saturated rings. The molecule has 2 atom stereocenters. The predicted octanol–water partition coefficient (Wildman–Crippen LogP) is 1.25. The molecular formula is C17H20N4O4S. The fourth-order valence-corrected chi connectivity index (χ4v) is 3.74. The number of amides is 3. The lowest BCUT2D eigenvalue weighted by atomic mass is 10.2. The van der Waals surface area contributed by atoms with Crippen LogP contribution < -0.4 is 16.6 Å². The summed E-state index contributed by atoms with van der Waals surface area (Å²) in [7, 11) is 0. The number of para-hydroxylation sites is 1. The average Bonchev–Trinajstić information content (AvgIpc) is 3.11. The molecule has 138 valence electrons. The van der Waals surface area contributed by atoms with E-state index in [2.05, 4.69) is 4.98 Å². The fourth-order valence-electron chi connectivity index (χ4n) is 2.83. The Morgan fingerprint density at radius 1 is 1.46 bits per heavy atom. The maximum Gasteiger partial charge on any atom is 0.318 e. The van der Waals surface area contributed by atoms with E-state index in [1.54, 1.807) is 35.8 Å². The van der Waals surface area contributed by atoms with Crippen LogP contribution in [0.4, 0.5) is 4.79 Å². The van der Waals surface area contributed by atoms with Crippen molar-refractivity contribution in [2.24, 2.45) is 5.73 Å². The quantitative estimate of drug-likeness (QED) is 0.599. The Bertz CT molecular complexity index is 892. The molecule has 1 saturated heterocycles. The van der Waals surface area contributed by atoms with Gasteiger partial charge in [0.2, 0.25) is 5.91 Å². The zero-order chi connectivity index (χ0) is 18.7. The highest BCUT2D eigenvalue weighted by Gasteiger charge is 2.23. The lowest BCUT2D eigenvalue weighted by Gasteiger charge is -2.18. The molecule has 0 saturated carbocycles. The smallest absolute Gasteiger partial charge is 0.318 e. The normalized spacial score (nSPS) is 18.0. The minimum absolute atomic E-state index is 0.0511. The van der Waals surface area contributed by atoms with Crippen LogP contribution in [0.3, 0.4) is 0 Å². The summed E-state index contributed by atoms with van der Waals surface area (Å²) in [6, 6.07) is 6.17. The van der Waals surface area contributed by atoms with Gasteiger partial charge in [-0.15, -0.1) is 0 Å². The highest BCUT2D eigenvalue weighted by molar-refractivity contribution is 8.00. The van der Waals surface area contributed by atoms with Crippen molar-refractivity contribution >= 4 is 34.6 Å². The van der Waals surface area contributed by atoms with Crippen molar-refractivity contribution < 1.29 is 14.3 Å². The van der Waals surface area contributed by atoms with Gasteiger partial charge >= 0.3 is 6.03 Å². The van der Waals surface area contributed by atoms with Gasteiger partial charge in [0, 0.05) is 6.61 Å². The van der Waals surface area contributed by atoms with Gasteiger partial charge in [-0.25, -0.2) is 9.78 Å². The number of aromatic nitrogens is 2. The van der Waals surface area contributed by atoms with E-state index in [-0.39, 0.29) is 11.7 Å². The van der Waals surface area contributed by atoms with Crippen molar-refractivity contribution in [1.29, 1.82) is 0 Å². The first-order valence-corrected chi connectivity index (χ1v) is 9.22. The topological polar surface area (TPSA) is 116 Å². The summed E-state index contributed by atoms with van der Waals surface area (Å²) in [5.41, 5.74) is 5.39. The van der Waals surface area contributed by atoms with E-state index < -0.39 is 17.2 Å². The third kappa shape index (κ3) is 4.05. The number of primary amides is 1. The molecule has 2 aromatic rings. The van der Waals surface area contributed by atoms with Crippen molar-refractivity contribution in [3.8, 4) is 0 Å². The van der Waals surface area contributed by atoms with Crippen LogP contribution in [0.1, 0.15) is 19.8 Å². The molecule has 0 unspecified atom stereocenters. The van der Waals surface area contributed by atoms with E-state index in [9.17, 15) is 14.4 Å². The first-order chi connectivity index (χ1) is 12.5. The number of benzene rings is 1. The highest BCUT2D eigenvalue weighted by Crippen LogP contribution is 2.24. The Hall–Kier alpha value is -2.39. The first-order valence-electron chi connectivity index (χ1n) is 8.34. The van der Waals surface area contributed by atoms with Gasteiger partial charge in [-0.3, -0.25) is 19.5 Å². The number of carbonyl (C=O) groups is 2. The second-order valence-corrected chi connectivity index (χ2v) is 7.38. The van der Waals surface area contributed by atoms with Crippen LogP contribution in [0.15, 0.2) is 34.2 Å². The van der Waals surface area contributed by atoms with Gasteiger partial charge in [0.05, 0.1) is 28.8 Å². The number of urea groups is 1. The van der Waals surface area contributed by atoms with Crippen molar-refractivity contribution in [1.82, 2.24) is 14.9 Å². The molecule has 1 aliphatic rings. The monoisotopic (exact) mass is 376 g/mol. The fraction of sp³-hybridized carbons (Fsp3) is 0.412. The number of ether oxygens (including phenoxy) is 1. The zero-order valence-electron chi connectivity index (χ0n) is 14.3. The van der Waals surface area contributed by atoms with Gasteiger partial charge in [0.15, 0.2) is 5.16 Å². The third-order valence-corrected chi connectivity index (χ3v) is 5.22. The number of nitrogens with zero attached hydrogens (tertiary/aromatic N) is 2. The number of hydrogen-bond acceptors (Lipinski definition) is 6. The average molecular weight is 376 g/mol. The molecule has 1 aromatic carbocycles. The molecule has 2 heterocycles. The molecule has 3 amide bonds. The molecule has 1 aliphatic heterocycles. The second kappa shape index (κ2) is 7.88. The Labute approximate surface area is 154 Å². The van der Waals surface area contributed by atoms with E-state index in [0.29, 0.717) is 29.2 Å². The molecule has 0 bridgehead atoms. The number of nitrogens with one attached hydrogen (secondary N) is 1. The molecule has 0 radical (unpaired) electrons. The second-order valence-electron chi connectivity index (χ2n) is 6.08. The van der Waals surface area contributed by atoms with Gasteiger partial charge in [0.25, 0.3) is 5.56 Å². The maximum atomic E-state index is 12.9. The van der Waals surface area contributed by atoms with Crippen LogP contribution in [-0.4, -0.2) is 39.5 Å². The van der Waals surface area contributed by atoms with Crippen LogP contribution in [0.2, 0.25) is 0 Å². The molecule has 0 spiro atoms. The number of nitrogens with two attached hydrogens (primary N) is 1. The van der Waals surface area contributed by atoms with Gasteiger partial charge in [-0.2, -0.15) is 0 Å². The predicted molar refractivity (Wildman–Crippen MR) is 98.0 cm³/mol. The molecule has 1 aromatic heterocycles. The summed E-state index contributed by atoms with van der Waals surface area (Å²) in [5.74, 6) is -0.534. The van der Waals surface area contributed by atoms with E-state index in [1.165, 1.54) is 0 Å². The molecule has 0 aliphatic carbocycles. The standard InChI is InChI=1S/C17H20N4O4S/c1-10(14(22)20-16(18)24)26-17-19-13-7-3-2-6-12(13)15(23)21(17)9-11-5-4-8-25-11/h2-3,6-7,10-11H,4-5,8-9H2,1H3,(H3,18,20,22,24)/t10-,11+/m0/s1. The number of rotatable bonds is 5. The largest absolute Gasteiger partial charge is 0.376 e. The maximum absolute atomic E-state index is 12.9. The van der Waals surface area contributed by atoms with Crippen molar-refractivity contribution in [2.45, 2.75) is 42.8 Å². The number of fused-ring (bicyclic) bond motifs is 1. The Morgan fingerprint density at radius 3 is 2.92 bits per heavy atom. The molecule has 26 heavy (non-hydrogen) atoms. The summed E-state index contributed by atoms with van der Waals surface area (Å²) in [5, 5.41) is 2.33. The highest BCUT2D eigenvalue weighted by atomic mass is 32.2. The summed E-state index contributed by atoms with van der Waals surface area (Å²) in [4.78, 5) is 40.4. The zero-order valence-corrected chi connectivity index (χ0v) is 15.1. The Balaban J connectivity index is 1.97. The van der Waals surface area contributed by atoms with Crippen LogP contribution >= 0.6 is 11.8 Å². The summed E-state index contributed by atoms with van der Waals surface area (Å²) in [6.07, 6.45) is 1.78. The molecular weight excluding hydrogens is 356 g/mol. The SMILES string of the molecule is C[C@H](Sc1nc2ccccc2c(=O)n1C[C@H]1CCCO1)C(=O)NC(N)=O.